The first-order valence-electron chi connectivity index (χ1n) is 5.27. The number of aromatic nitrogens is 2. The molecule has 0 spiro atoms. The molecule has 0 atom stereocenters. The zero-order valence-electron chi connectivity index (χ0n) is 9.65. The summed E-state index contributed by atoms with van der Waals surface area (Å²) in [6, 6.07) is 4.03. The topological polar surface area (TPSA) is 46.9 Å². The van der Waals surface area contributed by atoms with Crippen molar-refractivity contribution in [3.8, 4) is 0 Å². The largest absolute Gasteiger partial charge is 0.338 e. The van der Waals surface area contributed by atoms with Crippen LogP contribution in [0.5, 0.6) is 0 Å². The Morgan fingerprint density at radius 3 is 2.94 bits per heavy atom. The van der Waals surface area contributed by atoms with Gasteiger partial charge in [-0.15, -0.1) is 0 Å². The van der Waals surface area contributed by atoms with E-state index in [9.17, 15) is 9.18 Å². The molecule has 1 aromatic carbocycles. The van der Waals surface area contributed by atoms with Crippen LogP contribution in [0.2, 0.25) is 5.02 Å². The molecule has 18 heavy (non-hydrogen) atoms. The highest BCUT2D eigenvalue weighted by Gasteiger charge is 2.08. The van der Waals surface area contributed by atoms with Crippen LogP contribution in [-0.2, 0) is 18.3 Å². The molecule has 2 rings (SSSR count). The van der Waals surface area contributed by atoms with Gasteiger partial charge in [-0.05, 0) is 18.2 Å². The van der Waals surface area contributed by atoms with Crippen molar-refractivity contribution in [3.05, 3.63) is 47.3 Å². The maximum atomic E-state index is 12.9. The lowest BCUT2D eigenvalue weighted by Gasteiger charge is -2.06. The summed E-state index contributed by atoms with van der Waals surface area (Å²) < 4.78 is 14.7. The van der Waals surface area contributed by atoms with Crippen molar-refractivity contribution in [1.29, 1.82) is 0 Å². The zero-order chi connectivity index (χ0) is 13.1. The molecule has 0 bridgehead atoms. The first-order chi connectivity index (χ1) is 8.56. The number of hydrogen-bond acceptors (Lipinski definition) is 2. The second kappa shape index (κ2) is 5.18. The van der Waals surface area contributed by atoms with E-state index in [1.807, 2.05) is 7.05 Å². The Bertz CT molecular complexity index is 582. The van der Waals surface area contributed by atoms with E-state index < -0.39 is 5.82 Å². The first-order valence-corrected chi connectivity index (χ1v) is 5.65. The Kier molecular flexibility index (Phi) is 3.62. The van der Waals surface area contributed by atoms with E-state index in [1.54, 1.807) is 17.0 Å². The van der Waals surface area contributed by atoms with Crippen LogP contribution in [0.1, 0.15) is 5.82 Å². The van der Waals surface area contributed by atoms with E-state index in [-0.39, 0.29) is 17.4 Å². The van der Waals surface area contributed by atoms with Crippen LogP contribution in [0.4, 0.5) is 10.1 Å². The van der Waals surface area contributed by atoms with Crippen LogP contribution in [0, 0.1) is 5.82 Å². The average molecular weight is 268 g/mol. The quantitative estimate of drug-likeness (QED) is 0.928. The minimum absolute atomic E-state index is 0.0233. The molecule has 2 aromatic rings. The number of hydrogen-bond donors (Lipinski definition) is 1. The van der Waals surface area contributed by atoms with Crippen LogP contribution in [0.15, 0.2) is 30.6 Å². The number of benzene rings is 1. The summed E-state index contributed by atoms with van der Waals surface area (Å²) >= 11 is 5.62. The van der Waals surface area contributed by atoms with Gasteiger partial charge in [0.25, 0.3) is 0 Å². The molecule has 0 saturated heterocycles. The van der Waals surface area contributed by atoms with Crippen LogP contribution in [0.3, 0.4) is 0 Å². The number of nitrogens with one attached hydrogen (secondary N) is 1. The molecule has 1 heterocycles. The molecule has 0 unspecified atom stereocenters. The highest BCUT2D eigenvalue weighted by atomic mass is 35.5. The van der Waals surface area contributed by atoms with Crippen molar-refractivity contribution in [1.82, 2.24) is 9.55 Å². The molecule has 1 aromatic heterocycles. The number of aryl methyl sites for hydroxylation is 1. The molecule has 0 aliphatic carbocycles. The number of rotatable bonds is 3. The molecule has 0 aliphatic heterocycles. The summed E-state index contributed by atoms with van der Waals surface area (Å²) in [4.78, 5) is 15.8. The molecule has 1 N–H and O–H groups in total. The van der Waals surface area contributed by atoms with Gasteiger partial charge in [-0.25, -0.2) is 9.37 Å². The van der Waals surface area contributed by atoms with Gasteiger partial charge < -0.3 is 9.88 Å². The third-order valence-corrected chi connectivity index (χ3v) is 2.73. The molecule has 1 amide bonds. The summed E-state index contributed by atoms with van der Waals surface area (Å²) in [5.41, 5.74) is 0.459. The van der Waals surface area contributed by atoms with Crippen molar-refractivity contribution in [2.24, 2.45) is 7.05 Å². The van der Waals surface area contributed by atoms with Gasteiger partial charge in [0.2, 0.25) is 5.91 Å². The van der Waals surface area contributed by atoms with E-state index in [1.165, 1.54) is 18.2 Å². The van der Waals surface area contributed by atoms with Gasteiger partial charge in [-0.3, -0.25) is 4.79 Å². The van der Waals surface area contributed by atoms with E-state index in [0.717, 1.165) is 0 Å². The van der Waals surface area contributed by atoms with E-state index in [0.29, 0.717) is 11.5 Å². The van der Waals surface area contributed by atoms with Gasteiger partial charge in [-0.1, -0.05) is 11.6 Å². The third kappa shape index (κ3) is 2.87. The summed E-state index contributed by atoms with van der Waals surface area (Å²) in [5.74, 6) is -0.0912. The van der Waals surface area contributed by atoms with E-state index >= 15 is 0 Å². The van der Waals surface area contributed by atoms with Gasteiger partial charge in [0.1, 0.15) is 11.6 Å². The summed E-state index contributed by atoms with van der Waals surface area (Å²) in [7, 11) is 1.81. The number of amides is 1. The smallest absolute Gasteiger partial charge is 0.231 e. The second-order valence-electron chi connectivity index (χ2n) is 3.81. The van der Waals surface area contributed by atoms with Gasteiger partial charge in [0.15, 0.2) is 0 Å². The number of carbonyl (C=O) groups excluding carboxylic acids is 1. The third-order valence-electron chi connectivity index (χ3n) is 2.44. The predicted octanol–water partition coefficient (Wildman–Crippen LogP) is 2.39. The summed E-state index contributed by atoms with van der Waals surface area (Å²) in [5, 5.41) is 2.61. The molecule has 0 saturated carbocycles. The molecular weight excluding hydrogens is 257 g/mol. The average Bonchev–Trinajstić information content (AvgIpc) is 2.70. The Morgan fingerprint density at radius 1 is 1.56 bits per heavy atom. The molecular formula is C12H11ClFN3O. The van der Waals surface area contributed by atoms with E-state index in [4.69, 9.17) is 11.6 Å². The standard InChI is InChI=1S/C12H11ClFN3O/c1-17-5-4-15-11(17)7-12(18)16-8-2-3-10(14)9(13)6-8/h2-6H,7H2,1H3,(H,16,18). The van der Waals surface area contributed by atoms with Crippen molar-refractivity contribution >= 4 is 23.2 Å². The fraction of sp³-hybridized carbons (Fsp3) is 0.167. The predicted molar refractivity (Wildman–Crippen MR) is 67.0 cm³/mol. The monoisotopic (exact) mass is 267 g/mol. The normalized spacial score (nSPS) is 10.4. The molecule has 94 valence electrons. The fourth-order valence-electron chi connectivity index (χ4n) is 1.49. The lowest BCUT2D eigenvalue weighted by Crippen LogP contribution is -2.16. The molecule has 6 heteroatoms. The summed E-state index contributed by atoms with van der Waals surface area (Å²) in [6.07, 6.45) is 3.53. The van der Waals surface area contributed by atoms with E-state index in [2.05, 4.69) is 10.3 Å². The fourth-order valence-corrected chi connectivity index (χ4v) is 1.67. The highest BCUT2D eigenvalue weighted by molar-refractivity contribution is 6.31. The lowest BCUT2D eigenvalue weighted by molar-refractivity contribution is -0.115. The maximum Gasteiger partial charge on any atom is 0.231 e. The highest BCUT2D eigenvalue weighted by Crippen LogP contribution is 2.19. The van der Waals surface area contributed by atoms with Crippen molar-refractivity contribution in [2.75, 3.05) is 5.32 Å². The summed E-state index contributed by atoms with van der Waals surface area (Å²) in [6.45, 7) is 0. The number of nitrogens with zero attached hydrogens (tertiary/aromatic N) is 2. The number of carbonyl (C=O) groups is 1. The van der Waals surface area contributed by atoms with Crippen LogP contribution in [-0.4, -0.2) is 15.5 Å². The van der Waals surface area contributed by atoms with Gasteiger partial charge >= 0.3 is 0 Å². The van der Waals surface area contributed by atoms with Gasteiger partial charge in [0.05, 0.1) is 11.4 Å². The van der Waals surface area contributed by atoms with Crippen LogP contribution in [0.25, 0.3) is 0 Å². The second-order valence-corrected chi connectivity index (χ2v) is 4.22. The first kappa shape index (κ1) is 12.6. The number of anilines is 1. The Hall–Kier alpha value is -1.88. The van der Waals surface area contributed by atoms with Crippen LogP contribution < -0.4 is 5.32 Å². The Balaban J connectivity index is 2.03. The van der Waals surface area contributed by atoms with Crippen molar-refractivity contribution in [3.63, 3.8) is 0 Å². The maximum absolute atomic E-state index is 12.9. The lowest BCUT2D eigenvalue weighted by atomic mass is 10.3. The minimum atomic E-state index is -0.515. The number of imidazole rings is 1. The Labute approximate surface area is 108 Å². The molecule has 0 fully saturated rings. The van der Waals surface area contributed by atoms with Crippen LogP contribution >= 0.6 is 11.6 Å². The van der Waals surface area contributed by atoms with Crippen molar-refractivity contribution in [2.45, 2.75) is 6.42 Å². The van der Waals surface area contributed by atoms with Gasteiger partial charge in [0, 0.05) is 25.1 Å². The SMILES string of the molecule is Cn1ccnc1CC(=O)Nc1ccc(F)c(Cl)c1. The van der Waals surface area contributed by atoms with Crippen molar-refractivity contribution < 1.29 is 9.18 Å². The molecule has 0 aliphatic rings. The van der Waals surface area contributed by atoms with Gasteiger partial charge in [-0.2, -0.15) is 0 Å². The molecule has 0 radical (unpaired) electrons. The Morgan fingerprint density at radius 2 is 2.33 bits per heavy atom. The number of halogens is 2. The zero-order valence-corrected chi connectivity index (χ0v) is 10.4. The minimum Gasteiger partial charge on any atom is -0.338 e. The molecule has 4 nitrogen and oxygen atoms in total.